The van der Waals surface area contributed by atoms with Crippen LogP contribution in [0.1, 0.15) is 5.56 Å². The van der Waals surface area contributed by atoms with Crippen LogP contribution in [-0.2, 0) is 6.54 Å². The van der Waals surface area contributed by atoms with Gasteiger partial charge in [0, 0.05) is 27.1 Å². The van der Waals surface area contributed by atoms with Gasteiger partial charge in [-0.05, 0) is 52.8 Å². The van der Waals surface area contributed by atoms with E-state index in [2.05, 4.69) is 32.3 Å². The van der Waals surface area contributed by atoms with Gasteiger partial charge < -0.3 is 5.32 Å². The molecule has 0 aliphatic heterocycles. The lowest BCUT2D eigenvalue weighted by atomic mass is 10.2. The van der Waals surface area contributed by atoms with Crippen molar-refractivity contribution in [1.29, 1.82) is 0 Å². The van der Waals surface area contributed by atoms with Gasteiger partial charge in [0.1, 0.15) is 5.03 Å². The van der Waals surface area contributed by atoms with Gasteiger partial charge in [-0.15, -0.1) is 0 Å². The molecule has 2 nitrogen and oxygen atoms in total. The summed E-state index contributed by atoms with van der Waals surface area (Å²) in [6.07, 6.45) is 1.79. The summed E-state index contributed by atoms with van der Waals surface area (Å²) < 4.78 is 0.981. The number of benzene rings is 1. The highest BCUT2D eigenvalue weighted by Crippen LogP contribution is 2.30. The van der Waals surface area contributed by atoms with Crippen LogP contribution >= 0.6 is 39.3 Å². The van der Waals surface area contributed by atoms with Crippen molar-refractivity contribution in [2.24, 2.45) is 0 Å². The van der Waals surface area contributed by atoms with Crippen molar-refractivity contribution in [2.45, 2.75) is 16.5 Å². The minimum atomic E-state index is 0.778. The molecule has 0 unspecified atom stereocenters. The Morgan fingerprint density at radius 1 is 1.33 bits per heavy atom. The standard InChI is InChI=1S/C13H12BrClN2S/c1-16-7-9-2-4-11(6-12(9)15)18-13-5-3-10(14)8-17-13/h2-6,8,16H,7H2,1H3. The number of hydrogen-bond donors (Lipinski definition) is 1. The Morgan fingerprint density at radius 3 is 2.78 bits per heavy atom. The van der Waals surface area contributed by atoms with Gasteiger partial charge in [0.15, 0.2) is 0 Å². The van der Waals surface area contributed by atoms with Crippen molar-refractivity contribution in [3.63, 3.8) is 0 Å². The average Bonchev–Trinajstić information content (AvgIpc) is 2.36. The molecule has 0 aliphatic carbocycles. The first kappa shape index (κ1) is 13.9. The van der Waals surface area contributed by atoms with Gasteiger partial charge in [-0.3, -0.25) is 0 Å². The largest absolute Gasteiger partial charge is 0.316 e. The number of nitrogens with zero attached hydrogens (tertiary/aromatic N) is 1. The quantitative estimate of drug-likeness (QED) is 0.892. The number of nitrogens with one attached hydrogen (secondary N) is 1. The summed E-state index contributed by atoms with van der Waals surface area (Å²) in [5.74, 6) is 0. The zero-order valence-corrected chi connectivity index (χ0v) is 12.9. The molecule has 1 aromatic carbocycles. The van der Waals surface area contributed by atoms with E-state index in [0.717, 1.165) is 31.5 Å². The Balaban J connectivity index is 2.14. The Morgan fingerprint density at radius 2 is 2.17 bits per heavy atom. The van der Waals surface area contributed by atoms with Gasteiger partial charge in [-0.1, -0.05) is 29.4 Å². The number of aromatic nitrogens is 1. The van der Waals surface area contributed by atoms with Gasteiger partial charge in [0.2, 0.25) is 0 Å². The first-order valence-electron chi connectivity index (χ1n) is 5.41. The highest BCUT2D eigenvalue weighted by molar-refractivity contribution is 9.10. The average molecular weight is 344 g/mol. The van der Waals surface area contributed by atoms with Crippen molar-refractivity contribution in [1.82, 2.24) is 10.3 Å². The molecule has 1 N–H and O–H groups in total. The molecule has 0 fully saturated rings. The Labute approximate surface area is 124 Å². The molecule has 0 bridgehead atoms. The summed E-state index contributed by atoms with van der Waals surface area (Å²) in [7, 11) is 1.91. The Bertz CT molecular complexity index is 531. The van der Waals surface area contributed by atoms with E-state index in [9.17, 15) is 0 Å². The molecule has 2 aromatic rings. The van der Waals surface area contributed by atoms with E-state index in [-0.39, 0.29) is 0 Å². The summed E-state index contributed by atoms with van der Waals surface area (Å²) in [6, 6.07) is 10.0. The third kappa shape index (κ3) is 3.72. The van der Waals surface area contributed by atoms with Gasteiger partial charge in [0.05, 0.1) is 0 Å². The van der Waals surface area contributed by atoms with Gasteiger partial charge in [-0.25, -0.2) is 4.98 Å². The van der Waals surface area contributed by atoms with E-state index >= 15 is 0 Å². The molecule has 5 heteroatoms. The van der Waals surface area contributed by atoms with Gasteiger partial charge >= 0.3 is 0 Å². The highest BCUT2D eigenvalue weighted by atomic mass is 79.9. The molecule has 94 valence electrons. The van der Waals surface area contributed by atoms with Crippen molar-refractivity contribution in [3.8, 4) is 0 Å². The predicted octanol–water partition coefficient (Wildman–Crippen LogP) is 4.37. The van der Waals surface area contributed by atoms with E-state index in [0.29, 0.717) is 0 Å². The lowest BCUT2D eigenvalue weighted by Gasteiger charge is -2.06. The van der Waals surface area contributed by atoms with Crippen LogP contribution < -0.4 is 5.32 Å². The predicted molar refractivity (Wildman–Crippen MR) is 80.3 cm³/mol. The minimum Gasteiger partial charge on any atom is -0.316 e. The molecule has 0 saturated heterocycles. The topological polar surface area (TPSA) is 24.9 Å². The van der Waals surface area contributed by atoms with Crippen molar-refractivity contribution >= 4 is 39.3 Å². The van der Waals surface area contributed by atoms with Gasteiger partial charge in [0.25, 0.3) is 0 Å². The lowest BCUT2D eigenvalue weighted by molar-refractivity contribution is 0.817. The second kappa shape index (κ2) is 6.57. The molecule has 0 radical (unpaired) electrons. The number of hydrogen-bond acceptors (Lipinski definition) is 3. The normalized spacial score (nSPS) is 10.6. The van der Waals surface area contributed by atoms with Gasteiger partial charge in [-0.2, -0.15) is 0 Å². The molecule has 0 atom stereocenters. The lowest BCUT2D eigenvalue weighted by Crippen LogP contribution is -2.05. The minimum absolute atomic E-state index is 0.778. The summed E-state index contributed by atoms with van der Waals surface area (Å²) in [6.45, 7) is 0.778. The van der Waals surface area contributed by atoms with Crippen LogP contribution in [0.2, 0.25) is 5.02 Å². The molecule has 1 heterocycles. The zero-order valence-electron chi connectivity index (χ0n) is 9.78. The van der Waals surface area contributed by atoms with Crippen LogP contribution in [-0.4, -0.2) is 12.0 Å². The third-order valence-electron chi connectivity index (χ3n) is 2.31. The number of rotatable bonds is 4. The van der Waals surface area contributed by atoms with Crippen LogP contribution in [0.15, 0.2) is 50.9 Å². The summed E-state index contributed by atoms with van der Waals surface area (Å²) in [4.78, 5) is 5.41. The molecule has 0 aliphatic rings. The fourth-order valence-electron chi connectivity index (χ4n) is 1.47. The maximum Gasteiger partial charge on any atom is 0.101 e. The van der Waals surface area contributed by atoms with E-state index in [4.69, 9.17) is 11.6 Å². The number of halogens is 2. The van der Waals surface area contributed by atoms with E-state index < -0.39 is 0 Å². The monoisotopic (exact) mass is 342 g/mol. The second-order valence-electron chi connectivity index (χ2n) is 3.70. The van der Waals surface area contributed by atoms with Crippen LogP contribution in [0.5, 0.6) is 0 Å². The fraction of sp³-hybridized carbons (Fsp3) is 0.154. The molecule has 0 saturated carbocycles. The van der Waals surface area contributed by atoms with Crippen molar-refractivity contribution in [2.75, 3.05) is 7.05 Å². The second-order valence-corrected chi connectivity index (χ2v) is 6.12. The first-order valence-corrected chi connectivity index (χ1v) is 7.40. The zero-order chi connectivity index (χ0) is 13.0. The summed E-state index contributed by atoms with van der Waals surface area (Å²) in [5, 5.41) is 4.83. The Hall–Kier alpha value is -0.550. The molecule has 0 amide bonds. The first-order chi connectivity index (χ1) is 8.69. The SMILES string of the molecule is CNCc1ccc(Sc2ccc(Br)cn2)cc1Cl. The molecule has 1 aromatic heterocycles. The summed E-state index contributed by atoms with van der Waals surface area (Å²) >= 11 is 11.2. The van der Waals surface area contributed by atoms with E-state index in [1.807, 2.05) is 31.3 Å². The summed E-state index contributed by atoms with van der Waals surface area (Å²) in [5.41, 5.74) is 1.10. The van der Waals surface area contributed by atoms with Crippen molar-refractivity contribution < 1.29 is 0 Å². The maximum atomic E-state index is 6.22. The molecule has 2 rings (SSSR count). The van der Waals surface area contributed by atoms with E-state index in [1.54, 1.807) is 18.0 Å². The Kier molecular flexibility index (Phi) is 5.06. The van der Waals surface area contributed by atoms with Crippen molar-refractivity contribution in [3.05, 3.63) is 51.6 Å². The molecule has 18 heavy (non-hydrogen) atoms. The van der Waals surface area contributed by atoms with Crippen LogP contribution in [0.25, 0.3) is 0 Å². The maximum absolute atomic E-state index is 6.22. The number of pyridine rings is 1. The smallest absolute Gasteiger partial charge is 0.101 e. The molecule has 0 spiro atoms. The molecular formula is C13H12BrClN2S. The van der Waals surface area contributed by atoms with Crippen LogP contribution in [0.4, 0.5) is 0 Å². The van der Waals surface area contributed by atoms with Crippen LogP contribution in [0.3, 0.4) is 0 Å². The third-order valence-corrected chi connectivity index (χ3v) is 4.08. The highest BCUT2D eigenvalue weighted by Gasteiger charge is 2.03. The van der Waals surface area contributed by atoms with Crippen LogP contribution in [0, 0.1) is 0 Å². The fourth-order valence-corrected chi connectivity index (χ4v) is 2.81. The van der Waals surface area contributed by atoms with E-state index in [1.165, 1.54) is 0 Å². The molecular weight excluding hydrogens is 332 g/mol.